The molecule has 2 atom stereocenters. The molecule has 5 heteroatoms. The van der Waals surface area contributed by atoms with Crippen LogP contribution in [-0.2, 0) is 20.0 Å². The maximum Gasteiger partial charge on any atom is 0.230 e. The van der Waals surface area contributed by atoms with Gasteiger partial charge in [0.2, 0.25) is 5.91 Å². The SMILES string of the molecule is CS(=O)(=O)[C@H]1CCC[C@H](NC(=O)C2(c3ccccc3)CC2)C1. The van der Waals surface area contributed by atoms with Crippen LogP contribution in [0.4, 0.5) is 0 Å². The Labute approximate surface area is 132 Å². The van der Waals surface area contributed by atoms with E-state index in [0.29, 0.717) is 6.42 Å². The lowest BCUT2D eigenvalue weighted by Gasteiger charge is -2.30. The number of hydrogen-bond acceptors (Lipinski definition) is 3. The Morgan fingerprint density at radius 1 is 1.18 bits per heavy atom. The minimum Gasteiger partial charge on any atom is -0.353 e. The molecule has 22 heavy (non-hydrogen) atoms. The summed E-state index contributed by atoms with van der Waals surface area (Å²) in [7, 11) is -3.02. The van der Waals surface area contributed by atoms with E-state index in [1.54, 1.807) is 0 Å². The molecule has 0 unspecified atom stereocenters. The van der Waals surface area contributed by atoms with E-state index in [1.807, 2.05) is 30.3 Å². The number of sulfone groups is 1. The second kappa shape index (κ2) is 5.69. The summed E-state index contributed by atoms with van der Waals surface area (Å²) in [6, 6.07) is 9.88. The fourth-order valence-corrected chi connectivity index (χ4v) is 4.69. The predicted octanol–water partition coefficient (Wildman–Crippen LogP) is 2.19. The molecule has 1 amide bonds. The van der Waals surface area contributed by atoms with E-state index in [-0.39, 0.29) is 22.6 Å². The van der Waals surface area contributed by atoms with Crippen molar-refractivity contribution in [3.05, 3.63) is 35.9 Å². The van der Waals surface area contributed by atoms with Crippen LogP contribution in [0.15, 0.2) is 30.3 Å². The van der Waals surface area contributed by atoms with Crippen molar-refractivity contribution in [2.75, 3.05) is 6.26 Å². The van der Waals surface area contributed by atoms with Gasteiger partial charge in [-0.1, -0.05) is 36.8 Å². The number of rotatable bonds is 4. The molecule has 4 nitrogen and oxygen atoms in total. The first-order chi connectivity index (χ1) is 10.4. The molecule has 3 rings (SSSR count). The molecule has 1 N–H and O–H groups in total. The highest BCUT2D eigenvalue weighted by atomic mass is 32.2. The molecule has 0 aliphatic heterocycles. The molecule has 1 aromatic rings. The lowest BCUT2D eigenvalue weighted by molar-refractivity contribution is -0.124. The summed E-state index contributed by atoms with van der Waals surface area (Å²) in [6.45, 7) is 0. The third kappa shape index (κ3) is 3.05. The average molecular weight is 321 g/mol. The van der Waals surface area contributed by atoms with E-state index in [1.165, 1.54) is 6.26 Å². The van der Waals surface area contributed by atoms with Gasteiger partial charge in [0.25, 0.3) is 0 Å². The molecule has 120 valence electrons. The lowest BCUT2D eigenvalue weighted by Crippen LogP contribution is -2.45. The van der Waals surface area contributed by atoms with Crippen LogP contribution in [-0.4, -0.2) is 31.9 Å². The second-order valence-electron chi connectivity index (χ2n) is 6.74. The van der Waals surface area contributed by atoms with Gasteiger partial charge in [0, 0.05) is 12.3 Å². The summed E-state index contributed by atoms with van der Waals surface area (Å²) in [4.78, 5) is 12.7. The molecule has 2 aliphatic rings. The van der Waals surface area contributed by atoms with Gasteiger partial charge in [0.1, 0.15) is 9.84 Å². The Hall–Kier alpha value is -1.36. The Bertz CT molecular complexity index is 650. The second-order valence-corrected chi connectivity index (χ2v) is 9.06. The van der Waals surface area contributed by atoms with Gasteiger partial charge in [-0.25, -0.2) is 8.42 Å². The van der Waals surface area contributed by atoms with Crippen LogP contribution in [0.25, 0.3) is 0 Å². The summed E-state index contributed by atoms with van der Waals surface area (Å²) in [5.74, 6) is 0.0675. The molecule has 2 saturated carbocycles. The Kier molecular flexibility index (Phi) is 4.02. The highest BCUT2D eigenvalue weighted by molar-refractivity contribution is 7.91. The fourth-order valence-electron chi connectivity index (χ4n) is 3.52. The van der Waals surface area contributed by atoms with E-state index in [9.17, 15) is 13.2 Å². The molecule has 0 saturated heterocycles. The minimum absolute atomic E-state index is 0.0119. The van der Waals surface area contributed by atoms with Crippen molar-refractivity contribution in [1.82, 2.24) is 5.32 Å². The van der Waals surface area contributed by atoms with Crippen LogP contribution < -0.4 is 5.32 Å². The Morgan fingerprint density at radius 2 is 1.86 bits per heavy atom. The molecule has 0 spiro atoms. The monoisotopic (exact) mass is 321 g/mol. The number of carbonyl (C=O) groups excluding carboxylic acids is 1. The maximum atomic E-state index is 12.7. The number of nitrogens with one attached hydrogen (secondary N) is 1. The molecule has 0 heterocycles. The molecule has 2 aliphatic carbocycles. The van der Waals surface area contributed by atoms with E-state index in [4.69, 9.17) is 0 Å². The number of hydrogen-bond donors (Lipinski definition) is 1. The van der Waals surface area contributed by atoms with Crippen molar-refractivity contribution >= 4 is 15.7 Å². The molecule has 0 radical (unpaired) electrons. The zero-order valence-electron chi connectivity index (χ0n) is 12.9. The molecule has 1 aromatic carbocycles. The third-order valence-corrected chi connectivity index (χ3v) is 6.72. The first-order valence-electron chi connectivity index (χ1n) is 7.97. The van der Waals surface area contributed by atoms with E-state index in [0.717, 1.165) is 37.7 Å². The number of amides is 1. The zero-order valence-corrected chi connectivity index (χ0v) is 13.7. The summed E-state index contributed by atoms with van der Waals surface area (Å²) < 4.78 is 23.5. The Morgan fingerprint density at radius 3 is 2.45 bits per heavy atom. The highest BCUT2D eigenvalue weighted by Crippen LogP contribution is 2.48. The summed E-state index contributed by atoms with van der Waals surface area (Å²) >= 11 is 0. The van der Waals surface area contributed by atoms with Crippen LogP contribution in [0.1, 0.15) is 44.1 Å². The predicted molar refractivity (Wildman–Crippen MR) is 86.4 cm³/mol. The van der Waals surface area contributed by atoms with Gasteiger partial charge in [-0.15, -0.1) is 0 Å². The van der Waals surface area contributed by atoms with Gasteiger partial charge in [0.05, 0.1) is 10.7 Å². The summed E-state index contributed by atoms with van der Waals surface area (Å²) in [5.41, 5.74) is 0.696. The molecule has 0 aromatic heterocycles. The lowest BCUT2D eigenvalue weighted by atomic mass is 9.91. The van der Waals surface area contributed by atoms with Crippen LogP contribution in [0.3, 0.4) is 0 Å². The molecular formula is C17H23NO3S. The van der Waals surface area contributed by atoms with Crippen molar-refractivity contribution in [3.63, 3.8) is 0 Å². The van der Waals surface area contributed by atoms with Crippen molar-refractivity contribution in [1.29, 1.82) is 0 Å². The summed E-state index contributed by atoms with van der Waals surface area (Å²) in [6.07, 6.45) is 6.07. The van der Waals surface area contributed by atoms with Gasteiger partial charge < -0.3 is 5.32 Å². The molecular weight excluding hydrogens is 298 g/mol. The first kappa shape index (κ1) is 15.5. The number of carbonyl (C=O) groups is 1. The van der Waals surface area contributed by atoms with Gasteiger partial charge in [-0.2, -0.15) is 0 Å². The van der Waals surface area contributed by atoms with Gasteiger partial charge in [0.15, 0.2) is 0 Å². The van der Waals surface area contributed by atoms with E-state index in [2.05, 4.69) is 5.32 Å². The van der Waals surface area contributed by atoms with Gasteiger partial charge in [-0.3, -0.25) is 4.79 Å². The van der Waals surface area contributed by atoms with Crippen LogP contribution >= 0.6 is 0 Å². The largest absolute Gasteiger partial charge is 0.353 e. The minimum atomic E-state index is -3.02. The average Bonchev–Trinajstić information content (AvgIpc) is 3.29. The molecule has 2 fully saturated rings. The zero-order chi connectivity index (χ0) is 15.8. The standard InChI is InChI=1S/C17H23NO3S/c1-22(20,21)15-9-5-8-14(12-15)18-16(19)17(10-11-17)13-6-3-2-4-7-13/h2-4,6-7,14-15H,5,8-12H2,1H3,(H,18,19)/t14-,15-/m0/s1. The topological polar surface area (TPSA) is 63.2 Å². The van der Waals surface area contributed by atoms with Gasteiger partial charge >= 0.3 is 0 Å². The van der Waals surface area contributed by atoms with E-state index < -0.39 is 9.84 Å². The van der Waals surface area contributed by atoms with Crippen LogP contribution in [0, 0.1) is 0 Å². The normalized spacial score (nSPS) is 27.1. The van der Waals surface area contributed by atoms with Crippen LogP contribution in [0.5, 0.6) is 0 Å². The highest BCUT2D eigenvalue weighted by Gasteiger charge is 2.51. The molecule has 0 bridgehead atoms. The summed E-state index contributed by atoms with van der Waals surface area (Å²) in [5, 5.41) is 2.81. The third-order valence-electron chi connectivity index (χ3n) is 5.08. The Balaban J connectivity index is 1.67. The number of benzene rings is 1. The first-order valence-corrected chi connectivity index (χ1v) is 9.93. The van der Waals surface area contributed by atoms with Gasteiger partial charge in [-0.05, 0) is 37.7 Å². The van der Waals surface area contributed by atoms with Crippen LogP contribution in [0.2, 0.25) is 0 Å². The smallest absolute Gasteiger partial charge is 0.230 e. The van der Waals surface area contributed by atoms with Crippen molar-refractivity contribution < 1.29 is 13.2 Å². The van der Waals surface area contributed by atoms with Crippen molar-refractivity contribution in [2.24, 2.45) is 0 Å². The fraction of sp³-hybridized carbons (Fsp3) is 0.588. The maximum absolute atomic E-state index is 12.7. The van der Waals surface area contributed by atoms with E-state index >= 15 is 0 Å². The van der Waals surface area contributed by atoms with Crippen molar-refractivity contribution in [2.45, 2.75) is 55.2 Å². The van der Waals surface area contributed by atoms with Crippen molar-refractivity contribution in [3.8, 4) is 0 Å². The quantitative estimate of drug-likeness (QED) is 0.924.